The number of anilines is 1. The smallest absolute Gasteiger partial charge is 0.264 e. The number of hydrogen-bond acceptors (Lipinski definition) is 4. The minimum Gasteiger partial charge on any atom is -0.492 e. The van der Waals surface area contributed by atoms with E-state index in [-0.39, 0.29) is 23.4 Å². The Balaban J connectivity index is 1.95. The van der Waals surface area contributed by atoms with Crippen LogP contribution in [0.1, 0.15) is 32.6 Å². The van der Waals surface area contributed by atoms with Crippen LogP contribution in [0.25, 0.3) is 0 Å². The van der Waals surface area contributed by atoms with Crippen LogP contribution in [0.15, 0.2) is 59.5 Å². The fourth-order valence-corrected chi connectivity index (χ4v) is 4.89. The van der Waals surface area contributed by atoms with Gasteiger partial charge in [0.15, 0.2) is 0 Å². The van der Waals surface area contributed by atoms with Gasteiger partial charge in [-0.1, -0.05) is 43.2 Å². The Bertz CT molecular complexity index is 894. The third-order valence-electron chi connectivity index (χ3n) is 4.77. The summed E-state index contributed by atoms with van der Waals surface area (Å²) < 4.78 is 33.5. The van der Waals surface area contributed by atoms with E-state index < -0.39 is 10.0 Å². The Hall–Kier alpha value is -2.54. The molecule has 7 heteroatoms. The molecule has 2 aromatic rings. The Labute approximate surface area is 166 Å². The van der Waals surface area contributed by atoms with Crippen molar-refractivity contribution in [2.24, 2.45) is 0 Å². The number of nitrogens with zero attached hydrogens (tertiary/aromatic N) is 1. The van der Waals surface area contributed by atoms with Gasteiger partial charge in [0, 0.05) is 6.04 Å². The number of hydrogen-bond donors (Lipinski definition) is 1. The molecule has 1 saturated carbocycles. The van der Waals surface area contributed by atoms with Crippen molar-refractivity contribution in [1.82, 2.24) is 5.32 Å². The SMILES string of the molecule is CCOc1ccccc1N(CC(=O)NC1CCCC1)S(=O)(=O)c1ccccc1. The number of carbonyl (C=O) groups excluding carboxylic acids is 1. The molecule has 0 unspecified atom stereocenters. The molecule has 6 nitrogen and oxygen atoms in total. The van der Waals surface area contributed by atoms with E-state index >= 15 is 0 Å². The van der Waals surface area contributed by atoms with Crippen LogP contribution in [0.5, 0.6) is 5.75 Å². The molecule has 0 bridgehead atoms. The Morgan fingerprint density at radius 1 is 1.07 bits per heavy atom. The molecule has 2 aromatic carbocycles. The number of sulfonamides is 1. The number of ether oxygens (including phenoxy) is 1. The molecule has 0 atom stereocenters. The first-order valence-corrected chi connectivity index (χ1v) is 11.1. The lowest BCUT2D eigenvalue weighted by atomic mass is 10.2. The van der Waals surface area contributed by atoms with Crippen molar-refractivity contribution >= 4 is 21.6 Å². The molecule has 0 spiro atoms. The quantitative estimate of drug-likeness (QED) is 0.735. The molecule has 150 valence electrons. The molecule has 1 fully saturated rings. The highest BCUT2D eigenvalue weighted by Crippen LogP contribution is 2.32. The van der Waals surface area contributed by atoms with Gasteiger partial charge in [-0.25, -0.2) is 8.42 Å². The van der Waals surface area contributed by atoms with E-state index in [2.05, 4.69) is 5.32 Å². The van der Waals surface area contributed by atoms with Gasteiger partial charge in [0.05, 0.1) is 17.2 Å². The lowest BCUT2D eigenvalue weighted by molar-refractivity contribution is -0.120. The highest BCUT2D eigenvalue weighted by atomic mass is 32.2. The molecule has 1 N–H and O–H groups in total. The summed E-state index contributed by atoms with van der Waals surface area (Å²) in [6.45, 7) is 1.93. The molecule has 1 aliphatic carbocycles. The van der Waals surface area contributed by atoms with Crippen molar-refractivity contribution in [2.45, 2.75) is 43.5 Å². The Morgan fingerprint density at radius 2 is 1.71 bits per heavy atom. The van der Waals surface area contributed by atoms with E-state index in [0.717, 1.165) is 30.0 Å². The molecular weight excluding hydrogens is 376 g/mol. The normalized spacial score (nSPS) is 14.6. The third kappa shape index (κ3) is 4.65. The summed E-state index contributed by atoms with van der Waals surface area (Å²) in [4.78, 5) is 12.8. The average molecular weight is 403 g/mol. The van der Waals surface area contributed by atoms with Crippen LogP contribution >= 0.6 is 0 Å². The molecule has 0 heterocycles. The fraction of sp³-hybridized carbons (Fsp3) is 0.381. The van der Waals surface area contributed by atoms with Crippen LogP contribution in [0.2, 0.25) is 0 Å². The zero-order valence-electron chi connectivity index (χ0n) is 16.0. The first kappa shape index (κ1) is 20.2. The predicted octanol–water partition coefficient (Wildman–Crippen LogP) is 3.34. The summed E-state index contributed by atoms with van der Waals surface area (Å²) in [6, 6.07) is 15.1. The number of carbonyl (C=O) groups is 1. The molecule has 0 aromatic heterocycles. The molecule has 0 aliphatic heterocycles. The zero-order valence-corrected chi connectivity index (χ0v) is 16.8. The minimum absolute atomic E-state index is 0.121. The molecule has 28 heavy (non-hydrogen) atoms. The van der Waals surface area contributed by atoms with E-state index in [1.54, 1.807) is 42.5 Å². The lowest BCUT2D eigenvalue weighted by Gasteiger charge is -2.26. The van der Waals surface area contributed by atoms with Gasteiger partial charge in [0.25, 0.3) is 10.0 Å². The van der Waals surface area contributed by atoms with E-state index in [1.807, 2.05) is 6.92 Å². The molecule has 3 rings (SSSR count). The van der Waals surface area contributed by atoms with Crippen molar-refractivity contribution in [3.05, 3.63) is 54.6 Å². The van der Waals surface area contributed by atoms with Crippen molar-refractivity contribution in [1.29, 1.82) is 0 Å². The summed E-state index contributed by atoms with van der Waals surface area (Å²) in [5, 5.41) is 2.97. The zero-order chi connectivity index (χ0) is 20.0. The van der Waals surface area contributed by atoms with Crippen LogP contribution in [0, 0.1) is 0 Å². The van der Waals surface area contributed by atoms with Crippen molar-refractivity contribution in [3.63, 3.8) is 0 Å². The predicted molar refractivity (Wildman–Crippen MR) is 109 cm³/mol. The molecule has 0 saturated heterocycles. The number of amides is 1. The van der Waals surface area contributed by atoms with Gasteiger partial charge >= 0.3 is 0 Å². The summed E-state index contributed by atoms with van der Waals surface area (Å²) in [5.41, 5.74) is 0.356. The Morgan fingerprint density at radius 3 is 2.39 bits per heavy atom. The number of benzene rings is 2. The second-order valence-corrected chi connectivity index (χ2v) is 8.64. The van der Waals surface area contributed by atoms with E-state index in [4.69, 9.17) is 4.74 Å². The summed E-state index contributed by atoms with van der Waals surface area (Å²) >= 11 is 0. The molecule has 0 radical (unpaired) electrons. The summed E-state index contributed by atoms with van der Waals surface area (Å²) in [7, 11) is -3.93. The maximum absolute atomic E-state index is 13.4. The van der Waals surface area contributed by atoms with Crippen molar-refractivity contribution in [2.75, 3.05) is 17.5 Å². The maximum Gasteiger partial charge on any atom is 0.264 e. The van der Waals surface area contributed by atoms with E-state index in [1.165, 1.54) is 12.1 Å². The van der Waals surface area contributed by atoms with Crippen LogP contribution in [-0.2, 0) is 14.8 Å². The van der Waals surface area contributed by atoms with E-state index in [9.17, 15) is 13.2 Å². The summed E-state index contributed by atoms with van der Waals surface area (Å²) in [5.74, 6) is 0.121. The molecule has 1 amide bonds. The first-order chi connectivity index (χ1) is 13.5. The van der Waals surface area contributed by atoms with Crippen molar-refractivity contribution in [3.8, 4) is 5.75 Å². The van der Waals surface area contributed by atoms with Gasteiger partial charge in [0.2, 0.25) is 5.91 Å². The van der Waals surface area contributed by atoms with Gasteiger partial charge in [-0.3, -0.25) is 9.10 Å². The first-order valence-electron chi connectivity index (χ1n) is 9.61. The van der Waals surface area contributed by atoms with Crippen LogP contribution < -0.4 is 14.4 Å². The number of para-hydroxylation sites is 2. The van der Waals surface area contributed by atoms with Gasteiger partial charge < -0.3 is 10.1 Å². The maximum atomic E-state index is 13.4. The van der Waals surface area contributed by atoms with Gasteiger partial charge in [-0.05, 0) is 44.0 Å². The van der Waals surface area contributed by atoms with Crippen LogP contribution in [-0.4, -0.2) is 33.5 Å². The minimum atomic E-state index is -3.93. The topological polar surface area (TPSA) is 75.7 Å². The van der Waals surface area contributed by atoms with Gasteiger partial charge in [0.1, 0.15) is 12.3 Å². The molecule has 1 aliphatic rings. The monoisotopic (exact) mass is 402 g/mol. The number of nitrogens with one attached hydrogen (secondary N) is 1. The number of rotatable bonds is 8. The fourth-order valence-electron chi connectivity index (χ4n) is 3.43. The second kappa shape index (κ2) is 9.10. The second-order valence-electron chi connectivity index (χ2n) is 6.77. The lowest BCUT2D eigenvalue weighted by Crippen LogP contribution is -2.43. The largest absolute Gasteiger partial charge is 0.492 e. The highest BCUT2D eigenvalue weighted by Gasteiger charge is 2.30. The average Bonchev–Trinajstić information content (AvgIpc) is 3.20. The van der Waals surface area contributed by atoms with E-state index in [0.29, 0.717) is 18.0 Å². The Kier molecular flexibility index (Phi) is 6.57. The van der Waals surface area contributed by atoms with Crippen LogP contribution in [0.4, 0.5) is 5.69 Å². The molecular formula is C21H26N2O4S. The third-order valence-corrected chi connectivity index (χ3v) is 6.55. The highest BCUT2D eigenvalue weighted by molar-refractivity contribution is 7.92. The van der Waals surface area contributed by atoms with Crippen molar-refractivity contribution < 1.29 is 17.9 Å². The van der Waals surface area contributed by atoms with Gasteiger partial charge in [-0.15, -0.1) is 0 Å². The van der Waals surface area contributed by atoms with Crippen LogP contribution in [0.3, 0.4) is 0 Å². The summed E-state index contributed by atoms with van der Waals surface area (Å²) in [6.07, 6.45) is 4.05. The standard InChI is InChI=1S/C21H26N2O4S/c1-2-27-20-15-9-8-14-19(20)23(16-21(24)22-17-10-6-7-11-17)28(25,26)18-12-4-3-5-13-18/h3-5,8-9,12-15,17H,2,6-7,10-11,16H2,1H3,(H,22,24). The van der Waals surface area contributed by atoms with Gasteiger partial charge in [-0.2, -0.15) is 0 Å².